The van der Waals surface area contributed by atoms with E-state index in [0.717, 1.165) is 23.3 Å². The van der Waals surface area contributed by atoms with E-state index in [1.165, 1.54) is 4.90 Å². The summed E-state index contributed by atoms with van der Waals surface area (Å²) < 4.78 is 10.9. The van der Waals surface area contributed by atoms with Crippen LogP contribution in [-0.2, 0) is 29.3 Å². The molecule has 1 saturated heterocycles. The molecular weight excluding hydrogens is 388 g/mol. The predicted molar refractivity (Wildman–Crippen MR) is 107 cm³/mol. The molecule has 30 heavy (non-hydrogen) atoms. The normalized spacial score (nSPS) is 19.5. The number of rotatable bonds is 3. The lowest BCUT2D eigenvalue weighted by molar-refractivity contribution is -0.238. The van der Waals surface area contributed by atoms with E-state index in [9.17, 15) is 14.4 Å². The van der Waals surface area contributed by atoms with Crippen molar-refractivity contribution < 1.29 is 29.3 Å². The van der Waals surface area contributed by atoms with Gasteiger partial charge in [0.15, 0.2) is 0 Å². The summed E-state index contributed by atoms with van der Waals surface area (Å²) in [4.78, 5) is 38.9. The fraction of sp³-hybridized carbons (Fsp3) is 0.227. The maximum atomic E-state index is 13.2. The van der Waals surface area contributed by atoms with Gasteiger partial charge in [-0.25, -0.2) is 9.59 Å². The molecule has 0 radical (unpaired) electrons. The van der Waals surface area contributed by atoms with Crippen molar-refractivity contribution in [2.75, 3.05) is 13.2 Å². The Morgan fingerprint density at radius 1 is 0.833 bits per heavy atom. The number of carbonyl (C=O) groups is 3. The van der Waals surface area contributed by atoms with Gasteiger partial charge in [-0.05, 0) is 11.1 Å². The number of esters is 2. The van der Waals surface area contributed by atoms with Gasteiger partial charge in [-0.2, -0.15) is 0 Å². The molecule has 0 aromatic heterocycles. The molecule has 2 aliphatic heterocycles. The topological polar surface area (TPSA) is 130 Å². The lowest BCUT2D eigenvalue weighted by Crippen LogP contribution is -2.65. The number of ether oxygens (including phenoxy) is 2. The van der Waals surface area contributed by atoms with Gasteiger partial charge in [-0.1, -0.05) is 60.7 Å². The third-order valence-corrected chi connectivity index (χ3v) is 5.37. The highest BCUT2D eigenvalue weighted by Crippen LogP contribution is 2.46. The summed E-state index contributed by atoms with van der Waals surface area (Å²) >= 11 is 0. The van der Waals surface area contributed by atoms with Crippen molar-refractivity contribution in [2.45, 2.75) is 17.6 Å². The Hall–Kier alpha value is -3.49. The lowest BCUT2D eigenvalue weighted by Gasteiger charge is -2.49. The third-order valence-electron chi connectivity index (χ3n) is 5.37. The molecule has 2 aromatic carbocycles. The van der Waals surface area contributed by atoms with Crippen LogP contribution in [0, 0.1) is 0 Å². The summed E-state index contributed by atoms with van der Waals surface area (Å²) in [7, 11) is 0. The summed E-state index contributed by atoms with van der Waals surface area (Å²) in [6, 6.07) is 19.1. The summed E-state index contributed by atoms with van der Waals surface area (Å²) in [5, 5.41) is 0. The van der Waals surface area contributed by atoms with Gasteiger partial charge in [0.1, 0.15) is 0 Å². The molecule has 2 aliphatic rings. The zero-order chi connectivity index (χ0) is 20.5. The molecule has 0 atom stereocenters. The molecule has 4 rings (SSSR count). The number of nitrogens with two attached hydrogens (primary N) is 1. The van der Waals surface area contributed by atoms with Crippen molar-refractivity contribution in [1.82, 2.24) is 4.90 Å². The summed E-state index contributed by atoms with van der Waals surface area (Å²) in [5.74, 6) is -4.38. The molecule has 0 aliphatic carbocycles. The van der Waals surface area contributed by atoms with Crippen molar-refractivity contribution in [1.29, 1.82) is 0 Å². The van der Waals surface area contributed by atoms with Gasteiger partial charge in [-0.3, -0.25) is 4.79 Å². The van der Waals surface area contributed by atoms with Crippen molar-refractivity contribution in [3.05, 3.63) is 83.9 Å². The van der Waals surface area contributed by atoms with Crippen molar-refractivity contribution in [3.8, 4) is 0 Å². The Morgan fingerprint density at radius 3 is 1.73 bits per heavy atom. The van der Waals surface area contributed by atoms with Crippen LogP contribution in [0.2, 0.25) is 0 Å². The minimum Gasteiger partial charge on any atom is -0.412 e. The highest BCUT2D eigenvalue weighted by Gasteiger charge is 2.60. The molecule has 2 aromatic rings. The largest absolute Gasteiger partial charge is 0.412 e. The number of benzene rings is 2. The standard InChI is InChI=1S/C22H20N2O5.H2O/c23-15-24-14-21(16-7-3-1-4-8-16,17-9-5-2-6-10-17)13-22(20(24)27)28-18(25)11-12-19(26)29-22;/h1-12H,13-15,23H2;1H2. The molecule has 0 unspecified atom stereocenters. The summed E-state index contributed by atoms with van der Waals surface area (Å²) in [5.41, 5.74) is 6.85. The number of carbonyl (C=O) groups excluding carboxylic acids is 3. The maximum Gasteiger partial charge on any atom is 0.338 e. The monoisotopic (exact) mass is 410 g/mol. The molecule has 4 N–H and O–H groups in total. The number of hydrogen-bond acceptors (Lipinski definition) is 6. The van der Waals surface area contributed by atoms with E-state index in [1.54, 1.807) is 0 Å². The first-order valence-electron chi connectivity index (χ1n) is 9.24. The molecule has 1 spiro atoms. The first-order chi connectivity index (χ1) is 14.0. The molecule has 1 fully saturated rings. The molecule has 0 bridgehead atoms. The predicted octanol–water partition coefficient (Wildman–Crippen LogP) is 0.649. The van der Waals surface area contributed by atoms with Crippen LogP contribution in [0.5, 0.6) is 0 Å². The smallest absolute Gasteiger partial charge is 0.338 e. The van der Waals surface area contributed by atoms with Gasteiger partial charge in [0.25, 0.3) is 0 Å². The van der Waals surface area contributed by atoms with E-state index in [1.807, 2.05) is 60.7 Å². The molecular formula is C22H22N2O6. The van der Waals surface area contributed by atoms with Gasteiger partial charge in [-0.15, -0.1) is 0 Å². The number of nitrogens with zero attached hydrogens (tertiary/aromatic N) is 1. The quantitative estimate of drug-likeness (QED) is 0.740. The van der Waals surface area contributed by atoms with Gasteiger partial charge in [0.05, 0.1) is 13.1 Å². The van der Waals surface area contributed by atoms with Crippen LogP contribution in [0.25, 0.3) is 0 Å². The second kappa shape index (κ2) is 8.10. The lowest BCUT2D eigenvalue weighted by atomic mass is 9.67. The minimum absolute atomic E-state index is 0. The first kappa shape index (κ1) is 21.2. The fourth-order valence-electron chi connectivity index (χ4n) is 4.09. The van der Waals surface area contributed by atoms with Crippen LogP contribution < -0.4 is 5.73 Å². The maximum absolute atomic E-state index is 13.2. The van der Waals surface area contributed by atoms with E-state index in [0.29, 0.717) is 0 Å². The number of amides is 1. The van der Waals surface area contributed by atoms with E-state index in [2.05, 4.69) is 0 Å². The third kappa shape index (κ3) is 3.47. The Kier molecular flexibility index (Phi) is 5.73. The fourth-order valence-corrected chi connectivity index (χ4v) is 4.09. The summed E-state index contributed by atoms with van der Waals surface area (Å²) in [6.07, 6.45) is 1.86. The minimum atomic E-state index is -2.10. The Bertz CT molecular complexity index is 914. The number of piperidine rings is 1. The van der Waals surface area contributed by atoms with Crippen LogP contribution in [0.15, 0.2) is 72.8 Å². The van der Waals surface area contributed by atoms with Gasteiger partial charge >= 0.3 is 23.6 Å². The van der Waals surface area contributed by atoms with Crippen LogP contribution in [-0.4, -0.2) is 47.2 Å². The van der Waals surface area contributed by atoms with E-state index < -0.39 is 29.0 Å². The van der Waals surface area contributed by atoms with Crippen LogP contribution >= 0.6 is 0 Å². The zero-order valence-electron chi connectivity index (χ0n) is 16.1. The molecule has 156 valence electrons. The summed E-state index contributed by atoms with van der Waals surface area (Å²) in [6.45, 7) is 0.130. The van der Waals surface area contributed by atoms with Gasteiger partial charge in [0.2, 0.25) is 0 Å². The highest BCUT2D eigenvalue weighted by atomic mass is 16.7. The molecule has 2 heterocycles. The molecule has 1 amide bonds. The Morgan fingerprint density at radius 2 is 1.30 bits per heavy atom. The first-order valence-corrected chi connectivity index (χ1v) is 9.24. The number of likely N-dealkylation sites (tertiary alicyclic amines) is 1. The van der Waals surface area contributed by atoms with Crippen LogP contribution in [0.4, 0.5) is 0 Å². The zero-order valence-corrected chi connectivity index (χ0v) is 16.1. The van der Waals surface area contributed by atoms with Crippen LogP contribution in [0.1, 0.15) is 17.5 Å². The average molecular weight is 410 g/mol. The second-order valence-electron chi connectivity index (χ2n) is 7.11. The molecule has 0 saturated carbocycles. The molecule has 8 nitrogen and oxygen atoms in total. The Labute approximate surface area is 173 Å². The van der Waals surface area contributed by atoms with Gasteiger partial charge < -0.3 is 25.6 Å². The molecule has 8 heteroatoms. The van der Waals surface area contributed by atoms with Crippen molar-refractivity contribution >= 4 is 17.8 Å². The van der Waals surface area contributed by atoms with Crippen molar-refractivity contribution in [2.24, 2.45) is 5.73 Å². The van der Waals surface area contributed by atoms with E-state index in [4.69, 9.17) is 15.2 Å². The van der Waals surface area contributed by atoms with Gasteiger partial charge in [0, 0.05) is 24.1 Å². The van der Waals surface area contributed by atoms with Crippen LogP contribution in [0.3, 0.4) is 0 Å². The Balaban J connectivity index is 0.00000256. The average Bonchev–Trinajstić information content (AvgIpc) is 2.89. The SMILES string of the molecule is NCN1CC(c2ccccc2)(c2ccccc2)CC2(OC(=O)C=CC(=O)O2)C1=O.O. The second-order valence-corrected chi connectivity index (χ2v) is 7.11. The van der Waals surface area contributed by atoms with Crippen molar-refractivity contribution in [3.63, 3.8) is 0 Å². The van der Waals surface area contributed by atoms with E-state index in [-0.39, 0.29) is 25.1 Å². The van der Waals surface area contributed by atoms with E-state index >= 15 is 0 Å². The highest BCUT2D eigenvalue weighted by molar-refractivity contribution is 5.98. The number of hydrogen-bond donors (Lipinski definition) is 1.